The summed E-state index contributed by atoms with van der Waals surface area (Å²) in [6, 6.07) is 3.73. The van der Waals surface area contributed by atoms with Crippen LogP contribution in [0.1, 0.15) is 19.2 Å². The fourth-order valence-electron chi connectivity index (χ4n) is 1.60. The molecule has 0 aliphatic rings. The number of nitrogens with one attached hydrogen (secondary N) is 2. The smallest absolute Gasteiger partial charge is 0.220 e. The van der Waals surface area contributed by atoms with Crippen molar-refractivity contribution in [1.29, 1.82) is 0 Å². The van der Waals surface area contributed by atoms with Crippen LogP contribution in [0.25, 0.3) is 11.2 Å². The van der Waals surface area contributed by atoms with E-state index in [2.05, 4.69) is 20.3 Å². The second kappa shape index (κ2) is 5.59. The zero-order chi connectivity index (χ0) is 13.0. The molecule has 2 rings (SSSR count). The summed E-state index contributed by atoms with van der Waals surface area (Å²) in [5.41, 5.74) is 1.54. The van der Waals surface area contributed by atoms with Crippen molar-refractivity contribution < 1.29 is 9.90 Å². The normalized spacial score (nSPS) is 12.6. The molecule has 3 N–H and O–H groups in total. The number of fused-ring (bicyclic) bond motifs is 1. The maximum Gasteiger partial charge on any atom is 0.220 e. The number of amides is 1. The highest BCUT2D eigenvalue weighted by molar-refractivity contribution is 5.76. The molecule has 0 aliphatic carbocycles. The van der Waals surface area contributed by atoms with E-state index in [0.717, 1.165) is 11.3 Å². The van der Waals surface area contributed by atoms with Gasteiger partial charge in [0.25, 0.3) is 0 Å². The van der Waals surface area contributed by atoms with Gasteiger partial charge in [-0.15, -0.1) is 0 Å². The Labute approximate surface area is 104 Å². The predicted molar refractivity (Wildman–Crippen MR) is 66.9 cm³/mol. The van der Waals surface area contributed by atoms with Crippen molar-refractivity contribution in [2.24, 2.45) is 0 Å². The van der Waals surface area contributed by atoms with Crippen LogP contribution in [0.4, 0.5) is 0 Å². The van der Waals surface area contributed by atoms with Crippen molar-refractivity contribution in [1.82, 2.24) is 20.3 Å². The highest BCUT2D eigenvalue weighted by Gasteiger charge is 2.07. The second-order valence-corrected chi connectivity index (χ2v) is 4.21. The van der Waals surface area contributed by atoms with E-state index in [0.29, 0.717) is 18.5 Å². The minimum atomic E-state index is -0.524. The monoisotopic (exact) mass is 248 g/mol. The van der Waals surface area contributed by atoms with E-state index in [-0.39, 0.29) is 12.5 Å². The Morgan fingerprint density at radius 2 is 2.44 bits per heavy atom. The maximum absolute atomic E-state index is 11.5. The Kier molecular flexibility index (Phi) is 3.88. The molecule has 2 aromatic rings. The van der Waals surface area contributed by atoms with Gasteiger partial charge in [0.2, 0.25) is 5.91 Å². The number of imidazole rings is 1. The van der Waals surface area contributed by atoms with Gasteiger partial charge in [0, 0.05) is 25.6 Å². The first-order valence-corrected chi connectivity index (χ1v) is 5.89. The van der Waals surface area contributed by atoms with E-state index in [1.807, 2.05) is 12.1 Å². The van der Waals surface area contributed by atoms with Gasteiger partial charge in [-0.1, -0.05) is 0 Å². The molecule has 0 saturated heterocycles. The Hall–Kier alpha value is -1.95. The van der Waals surface area contributed by atoms with E-state index in [1.165, 1.54) is 0 Å². The molecule has 1 atom stereocenters. The zero-order valence-corrected chi connectivity index (χ0v) is 10.2. The van der Waals surface area contributed by atoms with Crippen molar-refractivity contribution in [3.63, 3.8) is 0 Å². The number of aliphatic hydroxyl groups is 1. The van der Waals surface area contributed by atoms with Gasteiger partial charge in [0.15, 0.2) is 5.65 Å². The number of pyridine rings is 1. The molecule has 2 heterocycles. The van der Waals surface area contributed by atoms with Crippen LogP contribution in [-0.2, 0) is 11.2 Å². The first-order valence-electron chi connectivity index (χ1n) is 5.89. The molecule has 0 aliphatic heterocycles. The third kappa shape index (κ3) is 3.27. The fraction of sp³-hybridized carbons (Fsp3) is 0.417. The number of aryl methyl sites for hydroxylation is 1. The van der Waals surface area contributed by atoms with Gasteiger partial charge in [-0.3, -0.25) is 4.79 Å². The van der Waals surface area contributed by atoms with Gasteiger partial charge >= 0.3 is 0 Å². The lowest BCUT2D eigenvalue weighted by Gasteiger charge is -2.05. The number of rotatable bonds is 5. The Morgan fingerprint density at radius 1 is 1.61 bits per heavy atom. The lowest BCUT2D eigenvalue weighted by atomic mass is 10.3. The highest BCUT2D eigenvalue weighted by atomic mass is 16.3. The first-order chi connectivity index (χ1) is 8.65. The van der Waals surface area contributed by atoms with E-state index >= 15 is 0 Å². The molecular formula is C12H16N4O2. The molecule has 0 unspecified atom stereocenters. The number of nitrogens with zero attached hydrogens (tertiary/aromatic N) is 2. The summed E-state index contributed by atoms with van der Waals surface area (Å²) in [5.74, 6) is 0.653. The number of hydrogen-bond donors (Lipinski definition) is 3. The summed E-state index contributed by atoms with van der Waals surface area (Å²) < 4.78 is 0. The van der Waals surface area contributed by atoms with Gasteiger partial charge in [-0.25, -0.2) is 9.97 Å². The third-order valence-corrected chi connectivity index (χ3v) is 2.49. The molecule has 0 spiro atoms. The molecule has 6 nitrogen and oxygen atoms in total. The van der Waals surface area contributed by atoms with Gasteiger partial charge in [-0.2, -0.15) is 0 Å². The van der Waals surface area contributed by atoms with Crippen molar-refractivity contribution in [2.45, 2.75) is 25.9 Å². The molecule has 1 amide bonds. The lowest BCUT2D eigenvalue weighted by molar-refractivity contribution is -0.121. The number of aromatic nitrogens is 3. The highest BCUT2D eigenvalue weighted by Crippen LogP contribution is 2.08. The largest absolute Gasteiger partial charge is 0.392 e. The number of hydrogen-bond acceptors (Lipinski definition) is 4. The van der Waals surface area contributed by atoms with Crippen LogP contribution in [0, 0.1) is 0 Å². The van der Waals surface area contributed by atoms with Crippen molar-refractivity contribution in [3.8, 4) is 0 Å². The third-order valence-electron chi connectivity index (χ3n) is 2.49. The summed E-state index contributed by atoms with van der Waals surface area (Å²) in [7, 11) is 0. The van der Waals surface area contributed by atoms with Crippen LogP contribution in [0.5, 0.6) is 0 Å². The van der Waals surface area contributed by atoms with E-state index in [9.17, 15) is 4.79 Å². The van der Waals surface area contributed by atoms with Gasteiger partial charge in [0.1, 0.15) is 5.82 Å². The van der Waals surface area contributed by atoms with Crippen LogP contribution in [0.15, 0.2) is 18.3 Å². The molecule has 0 radical (unpaired) electrons. The van der Waals surface area contributed by atoms with Crippen molar-refractivity contribution >= 4 is 17.1 Å². The molecule has 96 valence electrons. The molecule has 2 aromatic heterocycles. The summed E-state index contributed by atoms with van der Waals surface area (Å²) >= 11 is 0. The Morgan fingerprint density at radius 3 is 3.17 bits per heavy atom. The van der Waals surface area contributed by atoms with Crippen LogP contribution >= 0.6 is 0 Å². The fourth-order valence-corrected chi connectivity index (χ4v) is 1.60. The van der Waals surface area contributed by atoms with Crippen molar-refractivity contribution in [3.05, 3.63) is 24.2 Å². The molecule has 0 aromatic carbocycles. The number of carbonyl (C=O) groups excluding carboxylic acids is 1. The van der Waals surface area contributed by atoms with Crippen LogP contribution in [0.2, 0.25) is 0 Å². The SMILES string of the molecule is C[C@@H](O)CNC(=O)CCc1nc2ncccc2[nH]1. The quantitative estimate of drug-likeness (QED) is 0.713. The van der Waals surface area contributed by atoms with E-state index < -0.39 is 6.10 Å². The summed E-state index contributed by atoms with van der Waals surface area (Å²) in [4.78, 5) is 23.0. The number of aromatic amines is 1. The molecule has 18 heavy (non-hydrogen) atoms. The van der Waals surface area contributed by atoms with Gasteiger partial charge < -0.3 is 15.4 Å². The van der Waals surface area contributed by atoms with Crippen LogP contribution < -0.4 is 5.32 Å². The molecular weight excluding hydrogens is 232 g/mol. The average molecular weight is 248 g/mol. The molecule has 6 heteroatoms. The minimum absolute atomic E-state index is 0.0932. The predicted octanol–water partition coefficient (Wildman–Crippen LogP) is 0.387. The number of H-pyrrole nitrogens is 1. The van der Waals surface area contributed by atoms with Crippen molar-refractivity contribution in [2.75, 3.05) is 6.54 Å². The molecule has 0 fully saturated rings. The number of carbonyl (C=O) groups is 1. The first kappa shape index (κ1) is 12.5. The average Bonchev–Trinajstić information content (AvgIpc) is 2.76. The number of aliphatic hydroxyl groups excluding tert-OH is 1. The Bertz CT molecular complexity index is 503. The van der Waals surface area contributed by atoms with Gasteiger partial charge in [0.05, 0.1) is 11.6 Å². The topological polar surface area (TPSA) is 90.9 Å². The molecule has 0 saturated carbocycles. The standard InChI is InChI=1S/C12H16N4O2/c1-8(17)7-14-11(18)5-4-10-15-9-3-2-6-13-12(9)16-10/h2-3,6,8,17H,4-5,7H2,1H3,(H,14,18)(H,13,15,16)/t8-/m1/s1. The molecule has 0 bridgehead atoms. The zero-order valence-electron chi connectivity index (χ0n) is 10.2. The maximum atomic E-state index is 11.5. The second-order valence-electron chi connectivity index (χ2n) is 4.21. The summed E-state index contributed by atoms with van der Waals surface area (Å²) in [5, 5.41) is 11.7. The lowest BCUT2D eigenvalue weighted by Crippen LogP contribution is -2.30. The minimum Gasteiger partial charge on any atom is -0.392 e. The summed E-state index contributed by atoms with van der Waals surface area (Å²) in [6.07, 6.45) is 2.03. The van der Waals surface area contributed by atoms with Crippen LogP contribution in [-0.4, -0.2) is 38.6 Å². The van der Waals surface area contributed by atoms with E-state index in [4.69, 9.17) is 5.11 Å². The van der Waals surface area contributed by atoms with Crippen LogP contribution in [0.3, 0.4) is 0 Å². The van der Waals surface area contributed by atoms with Gasteiger partial charge in [-0.05, 0) is 19.1 Å². The summed E-state index contributed by atoms with van der Waals surface area (Å²) in [6.45, 7) is 1.91. The Balaban J connectivity index is 1.88. The van der Waals surface area contributed by atoms with E-state index in [1.54, 1.807) is 13.1 Å².